The fourth-order valence-electron chi connectivity index (χ4n) is 3.94. The van der Waals surface area contributed by atoms with Crippen molar-refractivity contribution in [1.82, 2.24) is 9.97 Å². The molecule has 4 nitrogen and oxygen atoms in total. The minimum Gasteiger partial charge on any atom is -0.365 e. The summed E-state index contributed by atoms with van der Waals surface area (Å²) in [4.78, 5) is 10.2. The van der Waals surface area contributed by atoms with E-state index in [9.17, 15) is 0 Å². The molecule has 1 aromatic carbocycles. The lowest BCUT2D eigenvalue weighted by molar-refractivity contribution is -0.672. The van der Waals surface area contributed by atoms with E-state index in [-0.39, 0.29) is 0 Å². The van der Waals surface area contributed by atoms with Gasteiger partial charge in [-0.1, -0.05) is 41.0 Å². The molecule has 25 heavy (non-hydrogen) atoms. The summed E-state index contributed by atoms with van der Waals surface area (Å²) in [6.07, 6.45) is 4.49. The van der Waals surface area contributed by atoms with Gasteiger partial charge in [-0.15, -0.1) is 0 Å². The van der Waals surface area contributed by atoms with Crippen LogP contribution in [-0.4, -0.2) is 29.1 Å². The van der Waals surface area contributed by atoms with Crippen molar-refractivity contribution in [2.75, 3.05) is 18.4 Å². The van der Waals surface area contributed by atoms with Gasteiger partial charge in [-0.25, -0.2) is 9.97 Å². The third-order valence-corrected chi connectivity index (χ3v) is 7.29. The number of anilines is 1. The molecule has 0 radical (unpaired) electrons. The highest BCUT2D eigenvalue weighted by Gasteiger charge is 2.41. The highest BCUT2D eigenvalue weighted by atomic mass is 35.5. The molecule has 2 bridgehead atoms. The monoisotopic (exact) mass is 395 g/mol. The normalized spacial score (nSPS) is 25.2. The zero-order chi connectivity index (χ0) is 17.4. The number of piperidine rings is 1. The summed E-state index contributed by atoms with van der Waals surface area (Å²) in [6.45, 7) is 4.44. The maximum atomic E-state index is 6.28. The molecule has 132 valence electrons. The third kappa shape index (κ3) is 3.61. The van der Waals surface area contributed by atoms with Crippen LogP contribution in [0.5, 0.6) is 0 Å². The Morgan fingerprint density at radius 3 is 2.68 bits per heavy atom. The lowest BCUT2D eigenvalue weighted by atomic mass is 9.94. The molecule has 1 saturated carbocycles. The number of nitrogens with zero attached hydrogens (tertiary/aromatic N) is 2. The van der Waals surface area contributed by atoms with Gasteiger partial charge < -0.3 is 10.6 Å². The maximum absolute atomic E-state index is 6.28. The molecule has 1 aromatic heterocycles. The number of quaternary nitrogens is 1. The summed E-state index contributed by atoms with van der Waals surface area (Å²) in [7, 11) is 0. The first-order valence-electron chi connectivity index (χ1n) is 8.65. The number of hydrogen-bond donors (Lipinski definition) is 2. The zero-order valence-electron chi connectivity index (χ0n) is 14.0. The summed E-state index contributed by atoms with van der Waals surface area (Å²) in [5, 5.41) is 8.07. The second kappa shape index (κ2) is 7.31. The molecule has 2 unspecified atom stereocenters. The van der Waals surface area contributed by atoms with Crippen molar-refractivity contribution in [1.29, 1.82) is 0 Å². The van der Waals surface area contributed by atoms with Crippen LogP contribution in [0.25, 0.3) is 0 Å². The number of fused-ring (bicyclic) bond motifs is 2. The van der Waals surface area contributed by atoms with Crippen LogP contribution in [0.4, 0.5) is 5.82 Å². The van der Waals surface area contributed by atoms with E-state index in [0.717, 1.165) is 33.3 Å². The first-order chi connectivity index (χ1) is 12.1. The van der Waals surface area contributed by atoms with Gasteiger partial charge in [0, 0.05) is 22.8 Å². The lowest BCUT2D eigenvalue weighted by Crippen LogP contribution is -2.89. The predicted molar refractivity (Wildman–Crippen MR) is 103 cm³/mol. The molecule has 2 heterocycles. The van der Waals surface area contributed by atoms with Crippen LogP contribution >= 0.6 is 35.0 Å². The highest BCUT2D eigenvalue weighted by molar-refractivity contribution is 7.99. The molecule has 1 aliphatic heterocycles. The molecule has 2 atom stereocenters. The van der Waals surface area contributed by atoms with E-state index in [2.05, 4.69) is 15.6 Å². The van der Waals surface area contributed by atoms with Crippen LogP contribution < -0.4 is 10.6 Å². The molecule has 1 aliphatic carbocycles. The quantitative estimate of drug-likeness (QED) is 0.829. The number of nitrogens with one attached hydrogen (secondary N) is 1. The molecule has 0 amide bonds. The molecule has 1 saturated heterocycles. The van der Waals surface area contributed by atoms with Crippen molar-refractivity contribution in [2.45, 2.75) is 35.7 Å². The van der Waals surface area contributed by atoms with Crippen molar-refractivity contribution < 1.29 is 5.32 Å². The van der Waals surface area contributed by atoms with Crippen LogP contribution in [0.15, 0.2) is 34.3 Å². The van der Waals surface area contributed by atoms with Crippen molar-refractivity contribution in [3.8, 4) is 0 Å². The standard InChI is InChI=1S/C18H20Cl2N4S/c1-10-18(25-14-4-2-3-13(19)16(14)20)22-9-15(23-10)24-17-11-5-6-12(17)8-21-7-11/h2-4,9,11-12,17,21H,5-8H2,1H3,(H,23,24)/p+1. The average molecular weight is 396 g/mol. The van der Waals surface area contributed by atoms with Crippen LogP contribution in [0, 0.1) is 18.8 Å². The van der Waals surface area contributed by atoms with Crippen LogP contribution in [0.3, 0.4) is 0 Å². The van der Waals surface area contributed by atoms with Crippen molar-refractivity contribution >= 4 is 40.8 Å². The Hall–Kier alpha value is -1.01. The Labute approximate surface area is 162 Å². The van der Waals surface area contributed by atoms with E-state index in [1.807, 2.05) is 25.3 Å². The van der Waals surface area contributed by atoms with E-state index in [1.165, 1.54) is 37.7 Å². The Kier molecular flexibility index (Phi) is 5.09. The van der Waals surface area contributed by atoms with Crippen LogP contribution in [-0.2, 0) is 0 Å². The van der Waals surface area contributed by atoms with E-state index in [1.54, 1.807) is 6.07 Å². The Bertz CT molecular complexity index is 770. The van der Waals surface area contributed by atoms with E-state index >= 15 is 0 Å². The Morgan fingerprint density at radius 2 is 1.96 bits per heavy atom. The van der Waals surface area contributed by atoms with Gasteiger partial charge in [-0.05, 0) is 31.9 Å². The van der Waals surface area contributed by atoms with E-state index in [0.29, 0.717) is 16.1 Å². The van der Waals surface area contributed by atoms with E-state index in [4.69, 9.17) is 28.2 Å². The molecule has 7 heteroatoms. The predicted octanol–water partition coefficient (Wildman–Crippen LogP) is 3.63. The minimum absolute atomic E-state index is 0.541. The highest BCUT2D eigenvalue weighted by Crippen LogP contribution is 2.38. The second-order valence-corrected chi connectivity index (χ2v) is 8.64. The molecular formula is C18H21Cl2N4S+. The van der Waals surface area contributed by atoms with Gasteiger partial charge in [0.1, 0.15) is 10.8 Å². The first kappa shape index (κ1) is 17.4. The third-order valence-electron chi connectivity index (χ3n) is 5.20. The maximum Gasteiger partial charge on any atom is 0.145 e. The topological polar surface area (TPSA) is 54.4 Å². The van der Waals surface area contributed by atoms with Crippen LogP contribution in [0.2, 0.25) is 10.0 Å². The van der Waals surface area contributed by atoms with Crippen LogP contribution in [0.1, 0.15) is 18.5 Å². The van der Waals surface area contributed by atoms with Gasteiger partial charge >= 0.3 is 0 Å². The van der Waals surface area contributed by atoms with Gasteiger partial charge in [0.15, 0.2) is 0 Å². The van der Waals surface area contributed by atoms with Crippen molar-refractivity contribution in [3.63, 3.8) is 0 Å². The van der Waals surface area contributed by atoms with Gasteiger partial charge in [-0.3, -0.25) is 0 Å². The molecule has 0 spiro atoms. The molecule has 2 aliphatic rings. The lowest BCUT2D eigenvalue weighted by Gasteiger charge is -2.29. The fraction of sp³-hybridized carbons (Fsp3) is 0.444. The fourth-order valence-corrected chi connectivity index (χ4v) is 5.26. The molecule has 3 N–H and O–H groups in total. The molecule has 4 rings (SSSR count). The zero-order valence-corrected chi connectivity index (χ0v) is 16.3. The average Bonchev–Trinajstić information content (AvgIpc) is 2.81. The minimum atomic E-state index is 0.541. The van der Waals surface area contributed by atoms with Gasteiger partial charge in [0.05, 0.1) is 35.0 Å². The summed E-state index contributed by atoms with van der Waals surface area (Å²) in [5.41, 5.74) is 0.903. The van der Waals surface area contributed by atoms with E-state index < -0.39 is 0 Å². The number of rotatable bonds is 4. The summed E-state index contributed by atoms with van der Waals surface area (Å²) in [5.74, 6) is 2.38. The molecule has 2 aromatic rings. The number of aryl methyl sites for hydroxylation is 1. The van der Waals surface area contributed by atoms with Gasteiger partial charge in [-0.2, -0.15) is 0 Å². The number of nitrogens with two attached hydrogens (primary N) is 1. The molecular weight excluding hydrogens is 375 g/mol. The summed E-state index contributed by atoms with van der Waals surface area (Å²) >= 11 is 13.9. The number of aromatic nitrogens is 2. The number of halogens is 2. The SMILES string of the molecule is Cc1nc(NC2C3CCC2C[NH2+]C3)cnc1Sc1cccc(Cl)c1Cl. The smallest absolute Gasteiger partial charge is 0.145 e. The second-order valence-electron chi connectivity index (χ2n) is 6.83. The number of benzene rings is 1. The molecule has 2 fully saturated rings. The Balaban J connectivity index is 1.50. The van der Waals surface area contributed by atoms with Gasteiger partial charge in [0.25, 0.3) is 0 Å². The van der Waals surface area contributed by atoms with Gasteiger partial charge in [0.2, 0.25) is 0 Å². The van der Waals surface area contributed by atoms with Crippen molar-refractivity contribution in [3.05, 3.63) is 40.1 Å². The summed E-state index contributed by atoms with van der Waals surface area (Å²) < 4.78 is 0. The first-order valence-corrected chi connectivity index (χ1v) is 10.2. The largest absolute Gasteiger partial charge is 0.365 e. The number of hydrogen-bond acceptors (Lipinski definition) is 4. The Morgan fingerprint density at radius 1 is 1.20 bits per heavy atom. The summed E-state index contributed by atoms with van der Waals surface area (Å²) in [6, 6.07) is 6.17. The van der Waals surface area contributed by atoms with Crippen molar-refractivity contribution in [2.24, 2.45) is 11.8 Å².